The summed E-state index contributed by atoms with van der Waals surface area (Å²) in [5.74, 6) is 3.65. The van der Waals surface area contributed by atoms with Crippen molar-refractivity contribution in [3.8, 4) is 0 Å². The topological polar surface area (TPSA) is 117 Å². The minimum atomic E-state index is -1.74. The zero-order valence-electron chi connectivity index (χ0n) is 25.1. The molecule has 2 saturated heterocycles. The Labute approximate surface area is 254 Å². The number of amides is 1. The zero-order chi connectivity index (χ0) is 31.6. The van der Waals surface area contributed by atoms with Crippen molar-refractivity contribution in [2.45, 2.75) is 64.2 Å². The number of allylic oxidation sites excluding steroid dienone is 1. The highest BCUT2D eigenvalue weighted by Crippen LogP contribution is 2.54. The van der Waals surface area contributed by atoms with Crippen molar-refractivity contribution in [3.05, 3.63) is 64.1 Å². The van der Waals surface area contributed by atoms with Gasteiger partial charge in [-0.15, -0.1) is 0 Å². The number of nitrogens with zero attached hydrogens (tertiary/aromatic N) is 3. The number of carbonyl (C=O) groups excluding carboxylic acids is 4. The van der Waals surface area contributed by atoms with E-state index in [1.807, 2.05) is 31.6 Å². The van der Waals surface area contributed by atoms with Crippen molar-refractivity contribution in [2.75, 3.05) is 31.1 Å². The van der Waals surface area contributed by atoms with E-state index in [0.29, 0.717) is 54.1 Å². The molecule has 4 atom stereocenters. The van der Waals surface area contributed by atoms with Crippen LogP contribution in [0, 0.1) is 17.7 Å². The number of rotatable bonds is 2. The van der Waals surface area contributed by atoms with Crippen LogP contribution in [-0.4, -0.2) is 82.3 Å². The first kappa shape index (κ1) is 29.7. The maximum absolute atomic E-state index is 14.7. The predicted octanol–water partition coefficient (Wildman–Crippen LogP) is 3.56. The average molecular weight is 604 g/mol. The van der Waals surface area contributed by atoms with E-state index in [9.17, 15) is 28.7 Å². The molecule has 3 unspecified atom stereocenters. The summed E-state index contributed by atoms with van der Waals surface area (Å²) in [6.07, 6.45) is 2.84. The lowest BCUT2D eigenvalue weighted by Gasteiger charge is -2.47. The number of anilines is 1. The Morgan fingerprint density at radius 3 is 2.64 bits per heavy atom. The van der Waals surface area contributed by atoms with Gasteiger partial charge in [-0.3, -0.25) is 0 Å². The van der Waals surface area contributed by atoms with E-state index in [2.05, 4.69) is 5.94 Å². The van der Waals surface area contributed by atoms with E-state index in [1.165, 1.54) is 12.1 Å². The highest BCUT2D eigenvalue weighted by molar-refractivity contribution is 6.06. The summed E-state index contributed by atoms with van der Waals surface area (Å²) in [5.41, 5.74) is 0.474. The second-order valence-corrected chi connectivity index (χ2v) is 12.8. The molecule has 5 aliphatic heterocycles. The molecule has 2 fully saturated rings. The molecule has 230 valence electrons. The maximum Gasteiger partial charge on any atom is 0.410 e. The van der Waals surface area contributed by atoms with Crippen molar-refractivity contribution in [1.29, 1.82) is 0 Å². The first-order chi connectivity index (χ1) is 20.9. The molecule has 1 amide bonds. The van der Waals surface area contributed by atoms with E-state index in [0.717, 1.165) is 0 Å². The molecule has 1 aromatic carbocycles. The Kier molecular flexibility index (Phi) is 7.18. The Bertz CT molecular complexity index is 1650. The third-order valence-corrected chi connectivity index (χ3v) is 9.19. The predicted molar refractivity (Wildman–Crippen MR) is 157 cm³/mol. The van der Waals surface area contributed by atoms with Crippen molar-refractivity contribution in [1.82, 2.24) is 9.80 Å². The number of fused-ring (bicyclic) bond motifs is 4. The third-order valence-electron chi connectivity index (χ3n) is 9.19. The molecule has 5 heterocycles. The fraction of sp³-hybridized carbons (Fsp3) is 0.485. The van der Waals surface area contributed by atoms with Gasteiger partial charge in [0.1, 0.15) is 34.6 Å². The molecule has 44 heavy (non-hydrogen) atoms. The fourth-order valence-corrected chi connectivity index (χ4v) is 7.24. The number of piperidine rings is 1. The Hall–Kier alpha value is -4.39. The normalized spacial score (nSPS) is 27.7. The van der Waals surface area contributed by atoms with Gasteiger partial charge in [-0.2, -0.15) is 0 Å². The van der Waals surface area contributed by atoms with Crippen LogP contribution in [0.1, 0.15) is 52.5 Å². The van der Waals surface area contributed by atoms with Crippen LogP contribution < -0.4 is 4.90 Å². The van der Waals surface area contributed by atoms with Crippen molar-refractivity contribution < 1.29 is 38.1 Å². The highest BCUT2D eigenvalue weighted by atomic mass is 19.1. The van der Waals surface area contributed by atoms with Crippen LogP contribution in [0.4, 0.5) is 14.9 Å². The smallest absolute Gasteiger partial charge is 0.410 e. The van der Waals surface area contributed by atoms with Gasteiger partial charge in [0.15, 0.2) is 5.94 Å². The molecule has 0 spiro atoms. The molecule has 0 bridgehead atoms. The van der Waals surface area contributed by atoms with Crippen molar-refractivity contribution in [3.63, 3.8) is 0 Å². The quantitative estimate of drug-likeness (QED) is 0.507. The van der Waals surface area contributed by atoms with Crippen molar-refractivity contribution >= 4 is 35.2 Å². The van der Waals surface area contributed by atoms with Crippen LogP contribution in [0.15, 0.2) is 52.7 Å². The molecule has 5 aliphatic rings. The van der Waals surface area contributed by atoms with Crippen molar-refractivity contribution in [2.24, 2.45) is 11.8 Å². The van der Waals surface area contributed by atoms with Crippen LogP contribution >= 0.6 is 0 Å². The second-order valence-electron chi connectivity index (χ2n) is 12.8. The standard InChI is InChI=1S/C33H34FN3O7/c1-5-33(42)24-12-26-30-22(15-38)21-11-19(34)8-9-25(21)37(20-7-6-10-35(13-20)31(41)44-32(2,3)4)27(30)14-36(26)28(16-39)23(24)18-43-29(33)17-40/h8-9,11-12,20,23-24,42H,5-7,10,13-14,18H2,1-4H3/t20?,23?,24?,33-/m0/s1. The van der Waals surface area contributed by atoms with Gasteiger partial charge < -0.3 is 29.3 Å². The molecule has 10 nitrogen and oxygen atoms in total. The van der Waals surface area contributed by atoms with E-state index in [-0.39, 0.29) is 42.6 Å². The summed E-state index contributed by atoms with van der Waals surface area (Å²) in [5, 5.41) is 11.7. The van der Waals surface area contributed by atoms with Crippen LogP contribution in [0.2, 0.25) is 0 Å². The molecule has 0 aromatic heterocycles. The first-order valence-corrected chi connectivity index (χ1v) is 14.9. The number of carbonyl (C=O) groups is 1. The van der Waals surface area contributed by atoms with Gasteiger partial charge >= 0.3 is 6.09 Å². The van der Waals surface area contributed by atoms with Crippen LogP contribution in [0.3, 0.4) is 0 Å². The molecule has 6 rings (SSSR count). The van der Waals surface area contributed by atoms with Gasteiger partial charge in [0.05, 0.1) is 36.4 Å². The summed E-state index contributed by atoms with van der Waals surface area (Å²) in [6.45, 7) is 8.11. The summed E-state index contributed by atoms with van der Waals surface area (Å²) in [4.78, 5) is 55.5. The highest BCUT2D eigenvalue weighted by Gasteiger charge is 2.55. The van der Waals surface area contributed by atoms with E-state index in [1.54, 1.807) is 34.8 Å². The Morgan fingerprint density at radius 1 is 1.20 bits per heavy atom. The maximum atomic E-state index is 14.7. The van der Waals surface area contributed by atoms with Gasteiger partial charge in [-0.05, 0) is 58.2 Å². The number of aliphatic hydroxyl groups is 1. The van der Waals surface area contributed by atoms with Crippen LogP contribution in [0.5, 0.6) is 0 Å². The number of likely N-dealkylation sites (tertiary alicyclic amines) is 1. The van der Waals surface area contributed by atoms with Gasteiger partial charge in [-0.1, -0.05) is 13.0 Å². The minimum Gasteiger partial charge on any atom is -0.483 e. The lowest BCUT2D eigenvalue weighted by molar-refractivity contribution is -0.0871. The number of ether oxygens (including phenoxy) is 2. The summed E-state index contributed by atoms with van der Waals surface area (Å²) >= 11 is 0. The fourth-order valence-electron chi connectivity index (χ4n) is 7.24. The number of hydrogen-bond donors (Lipinski definition) is 1. The SMILES string of the molecule is CC[C@@]1(O)C(=C=O)OCC2C(=C=O)N3CC4=C(C(=C=O)c5cc(F)ccc5N4C4CCCN(C(=O)OC(C)(C)C)C4)C3=CC21. The molecule has 11 heteroatoms. The lowest BCUT2D eigenvalue weighted by Crippen LogP contribution is -2.53. The molecule has 1 aromatic rings. The average Bonchev–Trinajstić information content (AvgIpc) is 3.36. The number of halogens is 1. The van der Waals surface area contributed by atoms with E-state index in [4.69, 9.17) is 9.47 Å². The number of benzene rings is 1. The molecule has 1 N–H and O–H groups in total. The third kappa shape index (κ3) is 4.52. The summed E-state index contributed by atoms with van der Waals surface area (Å²) < 4.78 is 26.0. The zero-order valence-corrected chi connectivity index (χ0v) is 25.1. The van der Waals surface area contributed by atoms with E-state index >= 15 is 0 Å². The minimum absolute atomic E-state index is 0.0356. The molecule has 0 saturated carbocycles. The summed E-state index contributed by atoms with van der Waals surface area (Å²) in [7, 11) is 0. The summed E-state index contributed by atoms with van der Waals surface area (Å²) in [6, 6.07) is 3.97. The molecule has 0 aliphatic carbocycles. The van der Waals surface area contributed by atoms with Crippen LogP contribution in [0.25, 0.3) is 5.57 Å². The van der Waals surface area contributed by atoms with Gasteiger partial charge in [0, 0.05) is 41.5 Å². The molecule has 0 radical (unpaired) electrons. The second kappa shape index (κ2) is 10.7. The first-order valence-electron chi connectivity index (χ1n) is 14.9. The lowest BCUT2D eigenvalue weighted by atomic mass is 9.70. The van der Waals surface area contributed by atoms with E-state index < -0.39 is 34.9 Å². The van der Waals surface area contributed by atoms with Crippen LogP contribution in [-0.2, 0) is 23.9 Å². The Balaban J connectivity index is 1.50. The van der Waals surface area contributed by atoms with Gasteiger partial charge in [0.2, 0.25) is 5.76 Å². The van der Waals surface area contributed by atoms with Gasteiger partial charge in [0.25, 0.3) is 0 Å². The monoisotopic (exact) mass is 603 g/mol. The molecular weight excluding hydrogens is 569 g/mol. The largest absolute Gasteiger partial charge is 0.483 e. The molecular formula is C33H34FN3O7. The van der Waals surface area contributed by atoms with Gasteiger partial charge in [-0.25, -0.2) is 23.6 Å². The number of hydrogen-bond acceptors (Lipinski definition) is 9. The Morgan fingerprint density at radius 2 is 1.98 bits per heavy atom.